The summed E-state index contributed by atoms with van der Waals surface area (Å²) >= 11 is 5.51. The first-order valence-corrected chi connectivity index (χ1v) is 10.3. The summed E-state index contributed by atoms with van der Waals surface area (Å²) in [5.41, 5.74) is 2.75. The second-order valence-corrected chi connectivity index (χ2v) is 7.56. The summed E-state index contributed by atoms with van der Waals surface area (Å²) in [6, 6.07) is 10.2. The maximum absolute atomic E-state index is 5.51. The molecule has 0 spiro atoms. The minimum atomic E-state index is 0.419. The zero-order valence-electron chi connectivity index (χ0n) is 17.2. The van der Waals surface area contributed by atoms with Crippen molar-refractivity contribution < 1.29 is 4.74 Å². The molecular weight excluding hydrogens is 384 g/mol. The van der Waals surface area contributed by atoms with Crippen LogP contribution in [0.2, 0.25) is 0 Å². The Morgan fingerprint density at radius 1 is 1.17 bits per heavy atom. The number of para-hydroxylation sites is 1. The van der Waals surface area contributed by atoms with Gasteiger partial charge in [-0.05, 0) is 51.0 Å². The predicted octanol–water partition coefficient (Wildman–Crippen LogP) is 3.48. The minimum absolute atomic E-state index is 0.419. The van der Waals surface area contributed by atoms with Gasteiger partial charge in [0, 0.05) is 23.0 Å². The number of methoxy groups -OCH3 is 1. The van der Waals surface area contributed by atoms with Crippen molar-refractivity contribution in [2.24, 2.45) is 4.99 Å². The van der Waals surface area contributed by atoms with Crippen molar-refractivity contribution in [3.63, 3.8) is 0 Å². The van der Waals surface area contributed by atoms with Gasteiger partial charge in [0.2, 0.25) is 11.9 Å². The van der Waals surface area contributed by atoms with Gasteiger partial charge in [0.1, 0.15) is 5.75 Å². The van der Waals surface area contributed by atoms with Crippen molar-refractivity contribution in [1.82, 2.24) is 20.6 Å². The van der Waals surface area contributed by atoms with Gasteiger partial charge in [0.15, 0.2) is 5.11 Å². The number of hydrogen-bond donors (Lipinski definition) is 3. The third-order valence-corrected chi connectivity index (χ3v) is 4.95. The van der Waals surface area contributed by atoms with Gasteiger partial charge in [-0.25, -0.2) is 15.0 Å². The topological polar surface area (TPSA) is 83.5 Å². The molecule has 1 aromatic carbocycles. The Kier molecular flexibility index (Phi) is 7.35. The number of hydrogen-bond acceptors (Lipinski definition) is 5. The molecule has 3 rings (SSSR count). The van der Waals surface area contributed by atoms with E-state index in [1.54, 1.807) is 7.11 Å². The van der Waals surface area contributed by atoms with Crippen LogP contribution in [0.4, 0.5) is 5.95 Å². The molecule has 0 aliphatic heterocycles. The lowest BCUT2D eigenvalue weighted by Crippen LogP contribution is -2.46. The first-order chi connectivity index (χ1) is 14.0. The number of ether oxygens (including phenoxy) is 1. The molecule has 154 valence electrons. The van der Waals surface area contributed by atoms with Crippen LogP contribution in [0.3, 0.4) is 0 Å². The Labute approximate surface area is 177 Å². The molecule has 1 fully saturated rings. The van der Waals surface area contributed by atoms with E-state index >= 15 is 0 Å². The highest BCUT2D eigenvalue weighted by molar-refractivity contribution is 7.80. The van der Waals surface area contributed by atoms with E-state index in [-0.39, 0.29) is 0 Å². The molecule has 0 saturated heterocycles. The Bertz CT molecular complexity index is 859. The normalized spacial score (nSPS) is 14.5. The van der Waals surface area contributed by atoms with Gasteiger partial charge < -0.3 is 15.4 Å². The van der Waals surface area contributed by atoms with E-state index in [9.17, 15) is 0 Å². The van der Waals surface area contributed by atoms with Crippen molar-refractivity contribution >= 4 is 29.2 Å². The average Bonchev–Trinajstić information content (AvgIpc) is 3.18. The van der Waals surface area contributed by atoms with Crippen LogP contribution in [-0.2, 0) is 6.54 Å². The van der Waals surface area contributed by atoms with Crippen molar-refractivity contribution in [3.8, 4) is 5.75 Å². The van der Waals surface area contributed by atoms with Gasteiger partial charge in [-0.1, -0.05) is 31.0 Å². The number of aryl methyl sites for hydroxylation is 2. The van der Waals surface area contributed by atoms with Crippen molar-refractivity contribution in [2.45, 2.75) is 52.1 Å². The fourth-order valence-corrected chi connectivity index (χ4v) is 3.66. The second-order valence-electron chi connectivity index (χ2n) is 7.16. The van der Waals surface area contributed by atoms with Gasteiger partial charge in [-0.15, -0.1) is 0 Å². The highest BCUT2D eigenvalue weighted by Gasteiger charge is 2.16. The standard InChI is InChI=1S/C21H28N6OS/c1-14-12-15(2)24-20(23-14)26-19(27-21(29)25-17-9-5-6-10-17)22-13-16-8-4-7-11-18(16)28-3/h4,7-8,11-12,17H,5-6,9-10,13H2,1-3H3,(H3,22,23,24,25,26,27,29). The molecule has 7 nitrogen and oxygen atoms in total. The van der Waals surface area contributed by atoms with Gasteiger partial charge in [-0.2, -0.15) is 0 Å². The molecule has 29 heavy (non-hydrogen) atoms. The third kappa shape index (κ3) is 6.39. The number of guanidine groups is 1. The first kappa shape index (κ1) is 21.0. The monoisotopic (exact) mass is 412 g/mol. The Hall–Kier alpha value is -2.74. The van der Waals surface area contributed by atoms with E-state index in [0.29, 0.717) is 29.6 Å². The van der Waals surface area contributed by atoms with Crippen LogP contribution in [0, 0.1) is 13.8 Å². The molecular formula is C21H28N6OS. The van der Waals surface area contributed by atoms with E-state index in [4.69, 9.17) is 17.0 Å². The Balaban J connectivity index is 1.76. The van der Waals surface area contributed by atoms with Crippen LogP contribution in [0.15, 0.2) is 35.3 Å². The van der Waals surface area contributed by atoms with Crippen LogP contribution in [0.5, 0.6) is 5.75 Å². The van der Waals surface area contributed by atoms with E-state index in [1.807, 2.05) is 44.2 Å². The third-order valence-electron chi connectivity index (χ3n) is 4.73. The molecule has 0 atom stereocenters. The molecule has 0 amide bonds. The molecule has 1 saturated carbocycles. The van der Waals surface area contributed by atoms with E-state index in [1.165, 1.54) is 12.8 Å². The predicted molar refractivity (Wildman–Crippen MR) is 120 cm³/mol. The smallest absolute Gasteiger partial charge is 0.229 e. The van der Waals surface area contributed by atoms with E-state index in [2.05, 4.69) is 30.9 Å². The summed E-state index contributed by atoms with van der Waals surface area (Å²) in [6.45, 7) is 4.30. The molecule has 1 aliphatic rings. The molecule has 0 bridgehead atoms. The lowest BCUT2D eigenvalue weighted by Gasteiger charge is -2.17. The van der Waals surface area contributed by atoms with Crippen molar-refractivity contribution in [2.75, 3.05) is 12.4 Å². The SMILES string of the molecule is COc1ccccc1CN=C(NC(=S)NC1CCCC1)Nc1nc(C)cc(C)n1. The summed E-state index contributed by atoms with van der Waals surface area (Å²) in [7, 11) is 1.66. The highest BCUT2D eigenvalue weighted by Crippen LogP contribution is 2.18. The zero-order chi connectivity index (χ0) is 20.6. The number of rotatable bonds is 5. The number of benzene rings is 1. The fraction of sp³-hybridized carbons (Fsp3) is 0.429. The molecule has 0 unspecified atom stereocenters. The summed E-state index contributed by atoms with van der Waals surface area (Å²) in [6.07, 6.45) is 4.76. The van der Waals surface area contributed by atoms with Gasteiger partial charge in [-0.3, -0.25) is 5.32 Å². The number of thiocarbonyl (C=S) groups is 1. The molecule has 1 aliphatic carbocycles. The van der Waals surface area contributed by atoms with Crippen LogP contribution < -0.4 is 20.7 Å². The summed E-state index contributed by atoms with van der Waals surface area (Å²) in [5.74, 6) is 1.78. The fourth-order valence-electron chi connectivity index (χ4n) is 3.40. The average molecular weight is 413 g/mol. The molecule has 3 N–H and O–H groups in total. The van der Waals surface area contributed by atoms with Crippen LogP contribution in [0.25, 0.3) is 0 Å². The molecule has 0 radical (unpaired) electrons. The van der Waals surface area contributed by atoms with Gasteiger partial charge in [0.05, 0.1) is 13.7 Å². The lowest BCUT2D eigenvalue weighted by molar-refractivity contribution is 0.410. The maximum atomic E-state index is 5.51. The van der Waals surface area contributed by atoms with Crippen LogP contribution >= 0.6 is 12.2 Å². The second kappa shape index (κ2) is 10.2. The number of nitrogens with zero attached hydrogens (tertiary/aromatic N) is 3. The summed E-state index contributed by atoms with van der Waals surface area (Å²) in [5, 5.41) is 10.3. The molecule has 8 heteroatoms. The maximum Gasteiger partial charge on any atom is 0.229 e. The number of aromatic nitrogens is 2. The van der Waals surface area contributed by atoms with Gasteiger partial charge >= 0.3 is 0 Å². The summed E-state index contributed by atoms with van der Waals surface area (Å²) in [4.78, 5) is 13.6. The first-order valence-electron chi connectivity index (χ1n) is 9.86. The van der Waals surface area contributed by atoms with Crippen molar-refractivity contribution in [1.29, 1.82) is 0 Å². The largest absolute Gasteiger partial charge is 0.496 e. The van der Waals surface area contributed by atoms with Gasteiger partial charge in [0.25, 0.3) is 0 Å². The molecule has 2 aromatic rings. The molecule has 1 heterocycles. The molecule has 1 aromatic heterocycles. The van der Waals surface area contributed by atoms with E-state index in [0.717, 1.165) is 35.5 Å². The zero-order valence-corrected chi connectivity index (χ0v) is 18.0. The number of aliphatic imine (C=N–C) groups is 1. The number of anilines is 1. The number of nitrogens with one attached hydrogen (secondary N) is 3. The quantitative estimate of drug-likeness (QED) is 0.394. The summed E-state index contributed by atoms with van der Waals surface area (Å²) < 4.78 is 5.42. The van der Waals surface area contributed by atoms with Crippen LogP contribution in [-0.4, -0.2) is 34.2 Å². The van der Waals surface area contributed by atoms with Crippen molar-refractivity contribution in [3.05, 3.63) is 47.3 Å². The Morgan fingerprint density at radius 3 is 2.55 bits per heavy atom. The van der Waals surface area contributed by atoms with E-state index < -0.39 is 0 Å². The lowest BCUT2D eigenvalue weighted by atomic mass is 10.2. The highest BCUT2D eigenvalue weighted by atomic mass is 32.1. The minimum Gasteiger partial charge on any atom is -0.496 e. The van der Waals surface area contributed by atoms with Crippen LogP contribution in [0.1, 0.15) is 42.6 Å². The Morgan fingerprint density at radius 2 is 1.86 bits per heavy atom.